The van der Waals surface area contributed by atoms with Gasteiger partial charge < -0.3 is 5.73 Å². The molecule has 0 heterocycles. The number of sulfonamides is 1. The quantitative estimate of drug-likeness (QED) is 0.868. The lowest BCUT2D eigenvalue weighted by Gasteiger charge is -2.21. The molecular formula is C14H21ClN2O2S. The average Bonchev–Trinajstić information content (AvgIpc) is 2.88. The average molecular weight is 317 g/mol. The van der Waals surface area contributed by atoms with E-state index in [9.17, 15) is 8.42 Å². The van der Waals surface area contributed by atoms with E-state index in [1.807, 2.05) is 0 Å². The summed E-state index contributed by atoms with van der Waals surface area (Å²) in [5.41, 5.74) is 6.93. The molecule has 0 saturated heterocycles. The Hall–Kier alpha value is -0.780. The van der Waals surface area contributed by atoms with Crippen LogP contribution in [0.25, 0.3) is 0 Å². The number of benzene rings is 1. The van der Waals surface area contributed by atoms with Crippen molar-refractivity contribution in [1.82, 2.24) is 4.31 Å². The Morgan fingerprint density at radius 3 is 2.50 bits per heavy atom. The summed E-state index contributed by atoms with van der Waals surface area (Å²) in [6.45, 7) is 2.34. The summed E-state index contributed by atoms with van der Waals surface area (Å²) in [5.74, 6) is 0.466. The second-order valence-electron chi connectivity index (χ2n) is 5.56. The second kappa shape index (κ2) is 5.92. The SMILES string of the molecule is Cc1c(N)cc(S(=O)(=O)N(C)CC2CCCC2)cc1Cl. The normalized spacial score (nSPS) is 17.0. The van der Waals surface area contributed by atoms with Crippen LogP contribution >= 0.6 is 11.6 Å². The van der Waals surface area contributed by atoms with E-state index in [4.69, 9.17) is 17.3 Å². The van der Waals surface area contributed by atoms with Crippen LogP contribution in [0.5, 0.6) is 0 Å². The second-order valence-corrected chi connectivity index (χ2v) is 8.01. The molecule has 112 valence electrons. The smallest absolute Gasteiger partial charge is 0.242 e. The first kappa shape index (κ1) is 15.6. The fourth-order valence-electron chi connectivity index (χ4n) is 2.66. The van der Waals surface area contributed by atoms with Crippen LogP contribution in [0, 0.1) is 12.8 Å². The number of anilines is 1. The largest absolute Gasteiger partial charge is 0.398 e. The molecule has 1 aromatic rings. The number of nitrogens with two attached hydrogens (primary N) is 1. The first-order chi connectivity index (χ1) is 9.32. The molecule has 0 radical (unpaired) electrons. The van der Waals surface area contributed by atoms with Gasteiger partial charge in [0.05, 0.1) is 4.90 Å². The summed E-state index contributed by atoms with van der Waals surface area (Å²) in [6.07, 6.45) is 4.61. The number of hydrogen-bond donors (Lipinski definition) is 1. The molecule has 0 atom stereocenters. The minimum absolute atomic E-state index is 0.172. The molecule has 1 saturated carbocycles. The summed E-state index contributed by atoms with van der Waals surface area (Å²) >= 11 is 6.04. The van der Waals surface area contributed by atoms with Gasteiger partial charge in [0, 0.05) is 24.3 Å². The van der Waals surface area contributed by atoms with Crippen molar-refractivity contribution in [2.75, 3.05) is 19.3 Å². The third-order valence-electron chi connectivity index (χ3n) is 4.06. The first-order valence-electron chi connectivity index (χ1n) is 6.84. The van der Waals surface area contributed by atoms with E-state index in [0.717, 1.165) is 12.8 Å². The van der Waals surface area contributed by atoms with E-state index in [-0.39, 0.29) is 4.90 Å². The van der Waals surface area contributed by atoms with Gasteiger partial charge in [0.1, 0.15) is 0 Å². The van der Waals surface area contributed by atoms with Crippen molar-refractivity contribution < 1.29 is 8.42 Å². The molecule has 0 aliphatic heterocycles. The van der Waals surface area contributed by atoms with Crippen molar-refractivity contribution >= 4 is 27.3 Å². The molecule has 1 aliphatic rings. The molecule has 20 heavy (non-hydrogen) atoms. The highest BCUT2D eigenvalue weighted by Crippen LogP contribution is 2.30. The molecule has 0 bridgehead atoms. The lowest BCUT2D eigenvalue weighted by atomic mass is 10.1. The molecule has 6 heteroatoms. The van der Waals surface area contributed by atoms with E-state index in [2.05, 4.69) is 0 Å². The maximum Gasteiger partial charge on any atom is 0.242 e. The molecule has 1 aliphatic carbocycles. The van der Waals surface area contributed by atoms with Crippen molar-refractivity contribution in [2.45, 2.75) is 37.5 Å². The lowest BCUT2D eigenvalue weighted by Crippen LogP contribution is -2.31. The summed E-state index contributed by atoms with van der Waals surface area (Å²) in [7, 11) is -1.90. The first-order valence-corrected chi connectivity index (χ1v) is 8.66. The van der Waals surface area contributed by atoms with Crippen molar-refractivity contribution in [3.05, 3.63) is 22.7 Å². The van der Waals surface area contributed by atoms with Crippen LogP contribution in [0.2, 0.25) is 5.02 Å². The van der Waals surface area contributed by atoms with Gasteiger partial charge in [-0.3, -0.25) is 0 Å². The van der Waals surface area contributed by atoms with Gasteiger partial charge in [-0.25, -0.2) is 12.7 Å². The Morgan fingerprint density at radius 2 is 1.95 bits per heavy atom. The molecule has 2 N–H and O–H groups in total. The third kappa shape index (κ3) is 3.10. The Bertz CT molecular complexity index is 572. The number of halogens is 1. The van der Waals surface area contributed by atoms with E-state index >= 15 is 0 Å². The van der Waals surface area contributed by atoms with E-state index < -0.39 is 10.0 Å². The van der Waals surface area contributed by atoms with Crippen LogP contribution in [0.1, 0.15) is 31.2 Å². The van der Waals surface area contributed by atoms with Gasteiger partial charge >= 0.3 is 0 Å². The lowest BCUT2D eigenvalue weighted by molar-refractivity contribution is 0.387. The minimum Gasteiger partial charge on any atom is -0.398 e. The number of hydrogen-bond acceptors (Lipinski definition) is 3. The number of nitrogens with zero attached hydrogens (tertiary/aromatic N) is 1. The Labute approximate surface area is 126 Å². The van der Waals surface area contributed by atoms with Crippen LogP contribution in [0.15, 0.2) is 17.0 Å². The Balaban J connectivity index is 2.25. The third-order valence-corrected chi connectivity index (χ3v) is 6.25. The highest BCUT2D eigenvalue weighted by molar-refractivity contribution is 7.89. The van der Waals surface area contributed by atoms with Crippen LogP contribution in [-0.2, 0) is 10.0 Å². The van der Waals surface area contributed by atoms with Gasteiger partial charge in [0.25, 0.3) is 0 Å². The van der Waals surface area contributed by atoms with Crippen LogP contribution in [0.4, 0.5) is 5.69 Å². The zero-order valence-electron chi connectivity index (χ0n) is 11.9. The molecular weight excluding hydrogens is 296 g/mol. The topological polar surface area (TPSA) is 63.4 Å². The maximum absolute atomic E-state index is 12.5. The Morgan fingerprint density at radius 1 is 1.35 bits per heavy atom. The Kier molecular flexibility index (Phi) is 4.62. The summed E-state index contributed by atoms with van der Waals surface area (Å²) in [6, 6.07) is 2.97. The van der Waals surface area contributed by atoms with E-state index in [1.54, 1.807) is 14.0 Å². The maximum atomic E-state index is 12.5. The standard InChI is InChI=1S/C14H21ClN2O2S/c1-10-13(15)7-12(8-14(10)16)20(18,19)17(2)9-11-5-3-4-6-11/h7-8,11H,3-6,9,16H2,1-2H3. The summed E-state index contributed by atoms with van der Waals surface area (Å²) < 4.78 is 26.5. The van der Waals surface area contributed by atoms with Crippen molar-refractivity contribution in [1.29, 1.82) is 0 Å². The molecule has 1 fully saturated rings. The highest BCUT2D eigenvalue weighted by Gasteiger charge is 2.26. The molecule has 1 aromatic carbocycles. The van der Waals surface area contributed by atoms with Gasteiger partial charge in [0.15, 0.2) is 0 Å². The summed E-state index contributed by atoms with van der Waals surface area (Å²) in [4.78, 5) is 0.172. The zero-order valence-corrected chi connectivity index (χ0v) is 13.5. The monoisotopic (exact) mass is 316 g/mol. The highest BCUT2D eigenvalue weighted by atomic mass is 35.5. The van der Waals surface area contributed by atoms with Crippen molar-refractivity contribution in [3.63, 3.8) is 0 Å². The van der Waals surface area contributed by atoms with Gasteiger partial charge in [0.2, 0.25) is 10.0 Å². The molecule has 0 aromatic heterocycles. The molecule has 0 spiro atoms. The van der Waals surface area contributed by atoms with Crippen LogP contribution in [0.3, 0.4) is 0 Å². The summed E-state index contributed by atoms with van der Waals surface area (Å²) in [5, 5.41) is 0.387. The predicted octanol–water partition coefficient (Wildman–Crippen LogP) is 3.04. The van der Waals surface area contributed by atoms with Crippen LogP contribution < -0.4 is 5.73 Å². The minimum atomic E-state index is -3.52. The fourth-order valence-corrected chi connectivity index (χ4v) is 4.26. The zero-order chi connectivity index (χ0) is 14.9. The van der Waals surface area contributed by atoms with E-state index in [0.29, 0.717) is 28.7 Å². The van der Waals surface area contributed by atoms with Gasteiger partial charge in [-0.2, -0.15) is 0 Å². The fraction of sp³-hybridized carbons (Fsp3) is 0.571. The molecule has 4 nitrogen and oxygen atoms in total. The van der Waals surface area contributed by atoms with Crippen molar-refractivity contribution in [2.24, 2.45) is 5.92 Å². The van der Waals surface area contributed by atoms with Gasteiger partial charge in [-0.1, -0.05) is 24.4 Å². The number of rotatable bonds is 4. The van der Waals surface area contributed by atoms with Crippen molar-refractivity contribution in [3.8, 4) is 0 Å². The van der Waals surface area contributed by atoms with E-state index in [1.165, 1.54) is 29.3 Å². The molecule has 0 unspecified atom stereocenters. The number of nitrogen functional groups attached to an aromatic ring is 1. The van der Waals surface area contributed by atoms with Gasteiger partial charge in [-0.05, 0) is 43.4 Å². The molecule has 2 rings (SSSR count). The predicted molar refractivity (Wildman–Crippen MR) is 82.4 cm³/mol. The van der Waals surface area contributed by atoms with Crippen LogP contribution in [-0.4, -0.2) is 26.3 Å². The van der Waals surface area contributed by atoms with Gasteiger partial charge in [-0.15, -0.1) is 0 Å². The molecule has 0 amide bonds.